The largest absolute Gasteiger partial charge is 0.372 e. The Morgan fingerprint density at radius 1 is 1.11 bits per heavy atom. The zero-order valence-corrected chi connectivity index (χ0v) is 12.2. The van der Waals surface area contributed by atoms with Crippen molar-refractivity contribution < 1.29 is 0 Å². The third kappa shape index (κ3) is 4.56. The van der Waals surface area contributed by atoms with Crippen LogP contribution in [0, 0.1) is 0 Å². The molecule has 0 aromatic heterocycles. The Balaban J connectivity index is 2.82. The van der Waals surface area contributed by atoms with Crippen molar-refractivity contribution in [2.75, 3.05) is 18.0 Å². The lowest BCUT2D eigenvalue weighted by Crippen LogP contribution is -2.25. The highest BCUT2D eigenvalue weighted by atomic mass is 15.1. The Morgan fingerprint density at radius 2 is 1.72 bits per heavy atom. The molecule has 100 valence electrons. The molecule has 0 saturated carbocycles. The maximum Gasteiger partial charge on any atom is 0.0372 e. The molecule has 0 bridgehead atoms. The van der Waals surface area contributed by atoms with Gasteiger partial charge in [0.15, 0.2) is 0 Å². The van der Waals surface area contributed by atoms with Crippen LogP contribution in [0.5, 0.6) is 0 Å². The van der Waals surface area contributed by atoms with Crippen molar-refractivity contribution in [3.05, 3.63) is 36.4 Å². The maximum atomic E-state index is 4.03. The van der Waals surface area contributed by atoms with Gasteiger partial charge in [-0.25, -0.2) is 0 Å². The molecule has 1 heteroatoms. The number of hydrogen-bond acceptors (Lipinski definition) is 1. The number of allylic oxidation sites excluding steroid dienone is 1. The fourth-order valence-electron chi connectivity index (χ4n) is 2.04. The van der Waals surface area contributed by atoms with E-state index in [1.807, 2.05) is 0 Å². The number of nitrogens with zero attached hydrogens (tertiary/aromatic N) is 1. The van der Waals surface area contributed by atoms with E-state index in [1.54, 1.807) is 0 Å². The highest BCUT2D eigenvalue weighted by Crippen LogP contribution is 2.21. The van der Waals surface area contributed by atoms with Crippen LogP contribution in [-0.4, -0.2) is 13.1 Å². The smallest absolute Gasteiger partial charge is 0.0372 e. The summed E-state index contributed by atoms with van der Waals surface area (Å²) >= 11 is 0. The quantitative estimate of drug-likeness (QED) is 0.614. The normalized spacial score (nSPS) is 10.4. The maximum absolute atomic E-state index is 4.03. The molecular weight excluding hydrogens is 218 g/mol. The topological polar surface area (TPSA) is 3.24 Å². The summed E-state index contributed by atoms with van der Waals surface area (Å²) < 4.78 is 0. The van der Waals surface area contributed by atoms with Crippen molar-refractivity contribution in [2.45, 2.75) is 46.5 Å². The standard InChI is InChI=1S/C17H27N/c1-5-7-12-18(13-8-6-2)17-11-9-10-16(14-17)15(3)4/h9-11,14H,3,5-8,12-13H2,1-2,4H3. The van der Waals surface area contributed by atoms with Gasteiger partial charge >= 0.3 is 0 Å². The zero-order valence-electron chi connectivity index (χ0n) is 12.2. The van der Waals surface area contributed by atoms with Gasteiger partial charge in [-0.15, -0.1) is 0 Å². The van der Waals surface area contributed by atoms with Gasteiger partial charge in [0.25, 0.3) is 0 Å². The molecule has 0 unspecified atom stereocenters. The Morgan fingerprint density at radius 3 is 2.22 bits per heavy atom. The predicted octanol–water partition coefficient (Wildman–Crippen LogP) is 5.13. The number of benzene rings is 1. The third-order valence-electron chi connectivity index (χ3n) is 3.27. The van der Waals surface area contributed by atoms with Crippen molar-refractivity contribution in [3.8, 4) is 0 Å². The summed E-state index contributed by atoms with van der Waals surface area (Å²) in [6.45, 7) is 12.9. The molecule has 1 nitrogen and oxygen atoms in total. The predicted molar refractivity (Wildman–Crippen MR) is 83.2 cm³/mol. The summed E-state index contributed by atoms with van der Waals surface area (Å²) in [4.78, 5) is 2.51. The van der Waals surface area contributed by atoms with Crippen LogP contribution in [0.2, 0.25) is 0 Å². The molecule has 0 radical (unpaired) electrons. The van der Waals surface area contributed by atoms with Gasteiger partial charge in [0.05, 0.1) is 0 Å². The summed E-state index contributed by atoms with van der Waals surface area (Å²) in [5.41, 5.74) is 3.74. The molecule has 0 N–H and O–H groups in total. The minimum atomic E-state index is 1.14. The zero-order chi connectivity index (χ0) is 13.4. The molecule has 0 atom stereocenters. The molecule has 18 heavy (non-hydrogen) atoms. The molecule has 1 rings (SSSR count). The second-order valence-corrected chi connectivity index (χ2v) is 5.02. The first-order chi connectivity index (χ1) is 8.69. The van der Waals surface area contributed by atoms with E-state index in [9.17, 15) is 0 Å². The van der Waals surface area contributed by atoms with Gasteiger partial charge in [-0.05, 0) is 37.5 Å². The molecule has 0 spiro atoms. The highest BCUT2D eigenvalue weighted by Gasteiger charge is 2.06. The van der Waals surface area contributed by atoms with Crippen molar-refractivity contribution >= 4 is 11.3 Å². The van der Waals surface area contributed by atoms with Gasteiger partial charge in [0.2, 0.25) is 0 Å². The van der Waals surface area contributed by atoms with Gasteiger partial charge in [0.1, 0.15) is 0 Å². The number of hydrogen-bond donors (Lipinski definition) is 0. The number of anilines is 1. The van der Waals surface area contributed by atoms with Crippen molar-refractivity contribution in [1.82, 2.24) is 0 Å². The molecule has 0 heterocycles. The van der Waals surface area contributed by atoms with Crippen LogP contribution in [0.25, 0.3) is 5.57 Å². The van der Waals surface area contributed by atoms with E-state index in [0.717, 1.165) is 18.7 Å². The lowest BCUT2D eigenvalue weighted by Gasteiger charge is -2.25. The van der Waals surface area contributed by atoms with Crippen LogP contribution in [0.15, 0.2) is 30.8 Å². The molecule has 0 saturated heterocycles. The Bertz CT molecular complexity index is 360. The molecular formula is C17H27N. The minimum absolute atomic E-state index is 1.14. The van der Waals surface area contributed by atoms with E-state index >= 15 is 0 Å². The highest BCUT2D eigenvalue weighted by molar-refractivity contribution is 5.65. The van der Waals surface area contributed by atoms with Crippen LogP contribution in [0.4, 0.5) is 5.69 Å². The Labute approximate surface area is 113 Å². The first-order valence-corrected chi connectivity index (χ1v) is 7.20. The average Bonchev–Trinajstić information content (AvgIpc) is 2.39. The van der Waals surface area contributed by atoms with Crippen molar-refractivity contribution in [3.63, 3.8) is 0 Å². The van der Waals surface area contributed by atoms with Crippen LogP contribution < -0.4 is 4.90 Å². The molecule has 1 aromatic carbocycles. The van der Waals surface area contributed by atoms with Crippen LogP contribution in [0.1, 0.15) is 52.0 Å². The van der Waals surface area contributed by atoms with Gasteiger partial charge < -0.3 is 4.90 Å². The van der Waals surface area contributed by atoms with Crippen molar-refractivity contribution in [1.29, 1.82) is 0 Å². The summed E-state index contributed by atoms with van der Waals surface area (Å²) in [6.07, 6.45) is 5.04. The van der Waals surface area contributed by atoms with E-state index in [2.05, 4.69) is 56.5 Å². The minimum Gasteiger partial charge on any atom is -0.372 e. The third-order valence-corrected chi connectivity index (χ3v) is 3.27. The van der Waals surface area contributed by atoms with E-state index in [1.165, 1.54) is 36.9 Å². The second kappa shape index (κ2) is 7.97. The van der Waals surface area contributed by atoms with E-state index in [4.69, 9.17) is 0 Å². The van der Waals surface area contributed by atoms with E-state index < -0.39 is 0 Å². The lowest BCUT2D eigenvalue weighted by atomic mass is 10.1. The molecule has 0 aliphatic carbocycles. The fraction of sp³-hybridized carbons (Fsp3) is 0.529. The van der Waals surface area contributed by atoms with Crippen molar-refractivity contribution in [2.24, 2.45) is 0 Å². The average molecular weight is 245 g/mol. The van der Waals surface area contributed by atoms with E-state index in [-0.39, 0.29) is 0 Å². The number of rotatable bonds is 8. The van der Waals surface area contributed by atoms with Crippen LogP contribution in [0.3, 0.4) is 0 Å². The summed E-state index contributed by atoms with van der Waals surface area (Å²) in [7, 11) is 0. The monoisotopic (exact) mass is 245 g/mol. The van der Waals surface area contributed by atoms with E-state index in [0.29, 0.717) is 0 Å². The SMILES string of the molecule is C=C(C)c1cccc(N(CCCC)CCCC)c1. The van der Waals surface area contributed by atoms with Gasteiger partial charge in [-0.3, -0.25) is 0 Å². The molecule has 0 fully saturated rings. The van der Waals surface area contributed by atoms with Crippen LogP contribution >= 0.6 is 0 Å². The van der Waals surface area contributed by atoms with Crippen LogP contribution in [-0.2, 0) is 0 Å². The molecule has 0 aliphatic rings. The molecule has 0 amide bonds. The Kier molecular flexibility index (Phi) is 6.56. The van der Waals surface area contributed by atoms with Gasteiger partial charge in [0, 0.05) is 18.8 Å². The number of unbranched alkanes of at least 4 members (excludes halogenated alkanes) is 2. The van der Waals surface area contributed by atoms with Gasteiger partial charge in [-0.1, -0.05) is 51.0 Å². The summed E-state index contributed by atoms with van der Waals surface area (Å²) in [5, 5.41) is 0. The molecule has 1 aromatic rings. The summed E-state index contributed by atoms with van der Waals surface area (Å²) in [5.74, 6) is 0. The first kappa shape index (κ1) is 14.8. The van der Waals surface area contributed by atoms with Gasteiger partial charge in [-0.2, -0.15) is 0 Å². The lowest BCUT2D eigenvalue weighted by molar-refractivity contribution is 0.678. The summed E-state index contributed by atoms with van der Waals surface area (Å²) in [6, 6.07) is 8.78. The molecule has 0 aliphatic heterocycles. The fourth-order valence-corrected chi connectivity index (χ4v) is 2.04. The first-order valence-electron chi connectivity index (χ1n) is 7.20. The Hall–Kier alpha value is -1.24. The second-order valence-electron chi connectivity index (χ2n) is 5.02.